The Bertz CT molecular complexity index is 1120. The average Bonchev–Trinajstić information content (AvgIpc) is 3.14. The summed E-state index contributed by atoms with van der Waals surface area (Å²) in [5, 5.41) is 11.0. The van der Waals surface area contributed by atoms with Crippen LogP contribution in [-0.4, -0.2) is 61.5 Å². The number of benzene rings is 2. The van der Waals surface area contributed by atoms with Crippen LogP contribution in [0.2, 0.25) is 0 Å². The van der Waals surface area contributed by atoms with Gasteiger partial charge >= 0.3 is 0 Å². The van der Waals surface area contributed by atoms with Crippen LogP contribution >= 0.6 is 0 Å². The summed E-state index contributed by atoms with van der Waals surface area (Å²) >= 11 is 0. The molecule has 1 aromatic heterocycles. The SMILES string of the molecule is COCCn1c(Cc2cccc3ccccc23)nnc1N1CCC[C@H](S(C)(=O)=O)C1. The summed E-state index contributed by atoms with van der Waals surface area (Å²) in [6, 6.07) is 14.6. The van der Waals surface area contributed by atoms with Crippen molar-refractivity contribution in [1.29, 1.82) is 0 Å². The molecule has 160 valence electrons. The van der Waals surface area contributed by atoms with Gasteiger partial charge in [0.2, 0.25) is 5.95 Å². The van der Waals surface area contributed by atoms with Crippen LogP contribution in [0.3, 0.4) is 0 Å². The highest BCUT2D eigenvalue weighted by Crippen LogP contribution is 2.25. The number of anilines is 1. The molecule has 2 heterocycles. The number of hydrogen-bond donors (Lipinski definition) is 0. The van der Waals surface area contributed by atoms with Gasteiger partial charge in [-0.1, -0.05) is 42.5 Å². The molecular weight excluding hydrogens is 400 g/mol. The highest BCUT2D eigenvalue weighted by Gasteiger charge is 2.30. The zero-order valence-corrected chi connectivity index (χ0v) is 18.3. The van der Waals surface area contributed by atoms with E-state index in [0.29, 0.717) is 32.5 Å². The second-order valence-corrected chi connectivity index (χ2v) is 10.2. The first-order valence-electron chi connectivity index (χ1n) is 10.3. The van der Waals surface area contributed by atoms with Crippen molar-refractivity contribution >= 4 is 26.6 Å². The molecule has 2 aromatic carbocycles. The molecule has 1 saturated heterocycles. The fraction of sp³-hybridized carbons (Fsp3) is 0.455. The van der Waals surface area contributed by atoms with E-state index in [4.69, 9.17) is 4.74 Å². The molecule has 0 bridgehead atoms. The number of methoxy groups -OCH3 is 1. The summed E-state index contributed by atoms with van der Waals surface area (Å²) in [6.07, 6.45) is 3.50. The second-order valence-electron chi connectivity index (χ2n) is 7.92. The number of sulfone groups is 1. The molecule has 8 heteroatoms. The molecule has 1 atom stereocenters. The molecular formula is C22H28N4O3S. The minimum atomic E-state index is -3.09. The lowest BCUT2D eigenvalue weighted by Gasteiger charge is -2.32. The molecule has 30 heavy (non-hydrogen) atoms. The van der Waals surface area contributed by atoms with Gasteiger partial charge in [0.05, 0.1) is 18.4 Å². The van der Waals surface area contributed by atoms with Crippen LogP contribution in [0.15, 0.2) is 42.5 Å². The Hall–Kier alpha value is -2.45. The molecule has 0 saturated carbocycles. The number of piperidine rings is 1. The van der Waals surface area contributed by atoms with Crippen molar-refractivity contribution < 1.29 is 13.2 Å². The van der Waals surface area contributed by atoms with Crippen LogP contribution in [0.1, 0.15) is 24.2 Å². The van der Waals surface area contributed by atoms with Crippen LogP contribution in [0.25, 0.3) is 10.8 Å². The van der Waals surface area contributed by atoms with Gasteiger partial charge in [-0.25, -0.2) is 8.42 Å². The fourth-order valence-corrected chi connectivity index (χ4v) is 5.23. The number of ether oxygens (including phenoxy) is 1. The molecule has 1 aliphatic heterocycles. The van der Waals surface area contributed by atoms with Gasteiger partial charge in [-0.05, 0) is 29.2 Å². The second kappa shape index (κ2) is 8.73. The third-order valence-corrected chi connectivity index (χ3v) is 7.42. The van der Waals surface area contributed by atoms with Crippen molar-refractivity contribution in [2.45, 2.75) is 31.1 Å². The number of nitrogens with zero attached hydrogens (tertiary/aromatic N) is 4. The lowest BCUT2D eigenvalue weighted by molar-refractivity contribution is 0.186. The topological polar surface area (TPSA) is 77.3 Å². The van der Waals surface area contributed by atoms with E-state index in [1.807, 2.05) is 12.1 Å². The summed E-state index contributed by atoms with van der Waals surface area (Å²) in [4.78, 5) is 2.06. The third kappa shape index (κ3) is 4.34. The van der Waals surface area contributed by atoms with Crippen LogP contribution in [0.4, 0.5) is 5.95 Å². The molecule has 1 fully saturated rings. The van der Waals surface area contributed by atoms with Crippen molar-refractivity contribution in [2.75, 3.05) is 38.0 Å². The predicted molar refractivity (Wildman–Crippen MR) is 119 cm³/mol. The molecule has 3 aromatic rings. The summed E-state index contributed by atoms with van der Waals surface area (Å²) in [5.41, 5.74) is 1.19. The standard InChI is InChI=1S/C22H28N4O3S/c1-29-14-13-26-21(15-18-9-5-8-17-7-3-4-11-20(17)18)23-24-22(26)25-12-6-10-19(16-25)30(2,27)28/h3-5,7-9,11,19H,6,10,12-16H2,1-2H3/t19-/m0/s1. The number of fused-ring (bicyclic) bond motifs is 1. The highest BCUT2D eigenvalue weighted by atomic mass is 32.2. The minimum Gasteiger partial charge on any atom is -0.383 e. The summed E-state index contributed by atoms with van der Waals surface area (Å²) in [5.74, 6) is 1.59. The van der Waals surface area contributed by atoms with Crippen LogP contribution in [0.5, 0.6) is 0 Å². The Balaban J connectivity index is 1.67. The third-order valence-electron chi connectivity index (χ3n) is 5.82. The Kier molecular flexibility index (Phi) is 6.06. The van der Waals surface area contributed by atoms with Gasteiger partial charge in [-0.2, -0.15) is 0 Å². The maximum absolute atomic E-state index is 12.1. The maximum atomic E-state index is 12.1. The molecule has 0 spiro atoms. The van der Waals surface area contributed by atoms with E-state index in [1.165, 1.54) is 22.6 Å². The minimum absolute atomic E-state index is 0.361. The van der Waals surface area contributed by atoms with E-state index in [9.17, 15) is 8.42 Å². The largest absolute Gasteiger partial charge is 0.383 e. The van der Waals surface area contributed by atoms with Gasteiger partial charge in [0.1, 0.15) is 5.82 Å². The molecule has 1 aliphatic rings. The quantitative estimate of drug-likeness (QED) is 0.576. The Morgan fingerprint density at radius 2 is 1.93 bits per heavy atom. The molecule has 0 aliphatic carbocycles. The van der Waals surface area contributed by atoms with Gasteiger partial charge in [0.15, 0.2) is 9.84 Å². The lowest BCUT2D eigenvalue weighted by atomic mass is 10.0. The molecule has 4 rings (SSSR count). The zero-order valence-electron chi connectivity index (χ0n) is 17.5. The van der Waals surface area contributed by atoms with E-state index in [-0.39, 0.29) is 5.25 Å². The van der Waals surface area contributed by atoms with Crippen molar-refractivity contribution in [3.63, 3.8) is 0 Å². The monoisotopic (exact) mass is 428 g/mol. The van der Waals surface area contributed by atoms with Crippen LogP contribution in [0, 0.1) is 0 Å². The van der Waals surface area contributed by atoms with Crippen molar-refractivity contribution in [3.05, 3.63) is 53.9 Å². The van der Waals surface area contributed by atoms with Gasteiger partial charge in [0.25, 0.3) is 0 Å². The number of rotatable bonds is 7. The van der Waals surface area contributed by atoms with E-state index in [2.05, 4.69) is 50.0 Å². The van der Waals surface area contributed by atoms with Gasteiger partial charge in [0, 0.05) is 32.9 Å². The summed E-state index contributed by atoms with van der Waals surface area (Å²) < 4.78 is 31.6. The lowest BCUT2D eigenvalue weighted by Crippen LogP contribution is -2.43. The van der Waals surface area contributed by atoms with E-state index in [0.717, 1.165) is 24.7 Å². The predicted octanol–water partition coefficient (Wildman–Crippen LogP) is 2.68. The first-order valence-corrected chi connectivity index (χ1v) is 12.2. The summed E-state index contributed by atoms with van der Waals surface area (Å²) in [6.45, 7) is 2.40. The van der Waals surface area contributed by atoms with Crippen molar-refractivity contribution in [3.8, 4) is 0 Å². The first kappa shape index (κ1) is 20.8. The van der Waals surface area contributed by atoms with Crippen LogP contribution in [-0.2, 0) is 27.5 Å². The maximum Gasteiger partial charge on any atom is 0.227 e. The van der Waals surface area contributed by atoms with Gasteiger partial charge in [-0.3, -0.25) is 4.57 Å². The van der Waals surface area contributed by atoms with Gasteiger partial charge < -0.3 is 9.64 Å². The molecule has 7 nitrogen and oxygen atoms in total. The summed E-state index contributed by atoms with van der Waals surface area (Å²) in [7, 11) is -1.41. The fourth-order valence-electron chi connectivity index (χ4n) is 4.19. The van der Waals surface area contributed by atoms with Crippen LogP contribution < -0.4 is 4.90 Å². The Morgan fingerprint density at radius 3 is 2.73 bits per heavy atom. The number of hydrogen-bond acceptors (Lipinski definition) is 6. The van der Waals surface area contributed by atoms with Gasteiger partial charge in [-0.15, -0.1) is 10.2 Å². The molecule has 0 N–H and O–H groups in total. The average molecular weight is 429 g/mol. The Labute approximate surface area is 177 Å². The first-order chi connectivity index (χ1) is 14.5. The molecule has 0 amide bonds. The van der Waals surface area contributed by atoms with Crippen molar-refractivity contribution in [1.82, 2.24) is 14.8 Å². The van der Waals surface area contributed by atoms with E-state index < -0.39 is 9.84 Å². The smallest absolute Gasteiger partial charge is 0.227 e. The van der Waals surface area contributed by atoms with E-state index >= 15 is 0 Å². The number of aromatic nitrogens is 3. The van der Waals surface area contributed by atoms with Crippen molar-refractivity contribution in [2.24, 2.45) is 0 Å². The highest BCUT2D eigenvalue weighted by molar-refractivity contribution is 7.91. The van der Waals surface area contributed by atoms with E-state index in [1.54, 1.807) is 7.11 Å². The zero-order chi connectivity index (χ0) is 21.1. The molecule has 0 unspecified atom stereocenters. The Morgan fingerprint density at radius 1 is 1.13 bits per heavy atom. The molecule has 0 radical (unpaired) electrons. The normalized spacial score (nSPS) is 17.5.